The van der Waals surface area contributed by atoms with Gasteiger partial charge in [0.05, 0.1) is 12.5 Å². The smallest absolute Gasteiger partial charge is 0.320 e. The third kappa shape index (κ3) is 2.65. The van der Waals surface area contributed by atoms with Crippen molar-refractivity contribution in [3.63, 3.8) is 0 Å². The number of rotatable bonds is 3. The minimum absolute atomic E-state index is 0.0104. The number of hydrogen-bond donors (Lipinski definition) is 1. The fraction of sp³-hybridized carbons (Fsp3) is 0.818. The average Bonchev–Trinajstić information content (AvgIpc) is 2.40. The monoisotopic (exact) mass is 228 g/mol. The van der Waals surface area contributed by atoms with Crippen LogP contribution in [0.1, 0.15) is 27.2 Å². The van der Waals surface area contributed by atoms with Crippen LogP contribution in [0.4, 0.5) is 4.79 Å². The molecule has 1 rings (SSSR count). The van der Waals surface area contributed by atoms with Crippen LogP contribution >= 0.6 is 0 Å². The van der Waals surface area contributed by atoms with E-state index in [-0.39, 0.29) is 23.9 Å². The predicted octanol–water partition coefficient (Wildman–Crippen LogP) is 1.24. The summed E-state index contributed by atoms with van der Waals surface area (Å²) in [6.45, 7) is 7.17. The Morgan fingerprint density at radius 1 is 1.50 bits per heavy atom. The normalized spacial score (nSPS) is 21.8. The van der Waals surface area contributed by atoms with E-state index in [1.165, 1.54) is 0 Å². The van der Waals surface area contributed by atoms with Gasteiger partial charge in [-0.1, -0.05) is 20.8 Å². The van der Waals surface area contributed by atoms with Crippen molar-refractivity contribution < 1.29 is 14.7 Å². The molecular weight excluding hydrogens is 208 g/mol. The van der Waals surface area contributed by atoms with Crippen LogP contribution in [0.15, 0.2) is 0 Å². The van der Waals surface area contributed by atoms with Gasteiger partial charge in [0.2, 0.25) is 0 Å². The highest BCUT2D eigenvalue weighted by atomic mass is 16.4. The minimum atomic E-state index is -0.866. The molecule has 1 heterocycles. The largest absolute Gasteiger partial charge is 0.481 e. The van der Waals surface area contributed by atoms with Crippen LogP contribution in [0.25, 0.3) is 0 Å². The number of amides is 2. The van der Waals surface area contributed by atoms with Crippen LogP contribution in [0.3, 0.4) is 0 Å². The predicted molar refractivity (Wildman–Crippen MR) is 60.2 cm³/mol. The molecule has 0 spiro atoms. The Morgan fingerprint density at radius 3 is 2.44 bits per heavy atom. The molecule has 1 aliphatic heterocycles. The summed E-state index contributed by atoms with van der Waals surface area (Å²) in [5.74, 6) is -0.866. The molecule has 0 aromatic rings. The van der Waals surface area contributed by atoms with Crippen molar-refractivity contribution in [1.29, 1.82) is 0 Å². The van der Waals surface area contributed by atoms with Crippen LogP contribution < -0.4 is 0 Å². The van der Waals surface area contributed by atoms with Gasteiger partial charge in [-0.25, -0.2) is 4.79 Å². The number of carbonyl (C=O) groups excluding carboxylic acids is 1. The number of likely N-dealkylation sites (N-methyl/N-ethyl adjacent to an activating group) is 1. The van der Waals surface area contributed by atoms with E-state index in [0.717, 1.165) is 0 Å². The molecule has 1 fully saturated rings. The van der Waals surface area contributed by atoms with Crippen LogP contribution in [-0.4, -0.2) is 53.1 Å². The van der Waals surface area contributed by atoms with Crippen molar-refractivity contribution in [2.45, 2.75) is 33.2 Å². The highest BCUT2D eigenvalue weighted by Gasteiger charge is 2.40. The number of carboxylic acids is 1. The molecule has 0 bridgehead atoms. The molecule has 0 radical (unpaired) electrons. The Hall–Kier alpha value is -1.26. The molecule has 1 N–H and O–H groups in total. The number of urea groups is 1. The number of carboxylic acid groups (broad SMARTS) is 1. The van der Waals surface area contributed by atoms with E-state index < -0.39 is 5.97 Å². The molecule has 1 aliphatic rings. The zero-order valence-corrected chi connectivity index (χ0v) is 10.4. The van der Waals surface area contributed by atoms with Crippen molar-refractivity contribution in [1.82, 2.24) is 9.80 Å². The second-order valence-electron chi connectivity index (χ2n) is 5.37. The number of aliphatic carboxylic acids is 1. The zero-order valence-electron chi connectivity index (χ0n) is 10.4. The summed E-state index contributed by atoms with van der Waals surface area (Å²) in [7, 11) is 1.78. The van der Waals surface area contributed by atoms with Gasteiger partial charge in [0.25, 0.3) is 0 Å². The molecular formula is C11H20N2O3. The molecule has 1 atom stereocenters. The van der Waals surface area contributed by atoms with Gasteiger partial charge in [0.1, 0.15) is 0 Å². The first-order chi connectivity index (χ1) is 7.23. The van der Waals surface area contributed by atoms with Crippen LogP contribution in [0.2, 0.25) is 0 Å². The number of hydrogen-bond acceptors (Lipinski definition) is 2. The van der Waals surface area contributed by atoms with E-state index in [1.807, 2.05) is 0 Å². The van der Waals surface area contributed by atoms with Gasteiger partial charge < -0.3 is 14.9 Å². The van der Waals surface area contributed by atoms with Gasteiger partial charge in [-0.3, -0.25) is 4.79 Å². The molecule has 0 aromatic heterocycles. The van der Waals surface area contributed by atoms with Crippen molar-refractivity contribution in [3.8, 4) is 0 Å². The molecule has 5 nitrogen and oxygen atoms in total. The summed E-state index contributed by atoms with van der Waals surface area (Å²) in [5.41, 5.74) is 0.0163. The number of carbonyl (C=O) groups is 2. The molecule has 0 aromatic carbocycles. The van der Waals surface area contributed by atoms with E-state index in [2.05, 4.69) is 20.8 Å². The highest BCUT2D eigenvalue weighted by molar-refractivity contribution is 5.77. The van der Waals surface area contributed by atoms with Gasteiger partial charge >= 0.3 is 12.0 Å². The zero-order chi connectivity index (χ0) is 12.5. The Labute approximate surface area is 96.0 Å². The molecule has 0 aliphatic carbocycles. The molecule has 5 heteroatoms. The maximum absolute atomic E-state index is 11.8. The van der Waals surface area contributed by atoms with Gasteiger partial charge in [-0.15, -0.1) is 0 Å². The Morgan fingerprint density at radius 2 is 2.06 bits per heavy atom. The van der Waals surface area contributed by atoms with Crippen molar-refractivity contribution in [2.24, 2.45) is 5.41 Å². The van der Waals surface area contributed by atoms with Crippen LogP contribution in [0, 0.1) is 5.41 Å². The SMILES string of the molecule is CN1C(=O)N(CCC(=O)O)CC1C(C)(C)C. The second kappa shape index (κ2) is 4.31. The van der Waals surface area contributed by atoms with Crippen LogP contribution in [0.5, 0.6) is 0 Å². The van der Waals surface area contributed by atoms with Crippen LogP contribution in [-0.2, 0) is 4.79 Å². The minimum Gasteiger partial charge on any atom is -0.481 e. The summed E-state index contributed by atoms with van der Waals surface area (Å²) in [5, 5.41) is 8.60. The Balaban J connectivity index is 2.65. The third-order valence-electron chi connectivity index (χ3n) is 3.03. The van der Waals surface area contributed by atoms with E-state index in [4.69, 9.17) is 5.11 Å². The molecule has 1 unspecified atom stereocenters. The first-order valence-electron chi connectivity index (χ1n) is 5.47. The van der Waals surface area contributed by atoms with Gasteiger partial charge in [-0.05, 0) is 5.41 Å². The molecule has 0 saturated carbocycles. The van der Waals surface area contributed by atoms with Crippen molar-refractivity contribution in [2.75, 3.05) is 20.1 Å². The van der Waals surface area contributed by atoms with Crippen molar-refractivity contribution >= 4 is 12.0 Å². The summed E-state index contributed by atoms with van der Waals surface area (Å²) in [4.78, 5) is 25.6. The molecule has 2 amide bonds. The first kappa shape index (κ1) is 12.8. The van der Waals surface area contributed by atoms with Gasteiger partial charge in [0, 0.05) is 20.1 Å². The fourth-order valence-corrected chi connectivity index (χ4v) is 2.04. The van der Waals surface area contributed by atoms with Gasteiger partial charge in [0.15, 0.2) is 0 Å². The lowest BCUT2D eigenvalue weighted by Gasteiger charge is -2.30. The summed E-state index contributed by atoms with van der Waals surface area (Å²) in [6, 6.07) is 0.0787. The quantitative estimate of drug-likeness (QED) is 0.790. The summed E-state index contributed by atoms with van der Waals surface area (Å²) in [6.07, 6.45) is 0.0104. The highest BCUT2D eigenvalue weighted by Crippen LogP contribution is 2.29. The van der Waals surface area contributed by atoms with E-state index in [1.54, 1.807) is 16.8 Å². The maximum Gasteiger partial charge on any atom is 0.320 e. The lowest BCUT2D eigenvalue weighted by atomic mass is 9.86. The van der Waals surface area contributed by atoms with E-state index >= 15 is 0 Å². The number of nitrogens with zero attached hydrogens (tertiary/aromatic N) is 2. The fourth-order valence-electron chi connectivity index (χ4n) is 2.04. The molecule has 1 saturated heterocycles. The molecule has 92 valence electrons. The average molecular weight is 228 g/mol. The Kier molecular flexibility index (Phi) is 3.45. The van der Waals surface area contributed by atoms with Crippen molar-refractivity contribution in [3.05, 3.63) is 0 Å². The lowest BCUT2D eigenvalue weighted by Crippen LogP contribution is -2.39. The van der Waals surface area contributed by atoms with E-state index in [0.29, 0.717) is 13.1 Å². The second-order valence-corrected chi connectivity index (χ2v) is 5.37. The van der Waals surface area contributed by atoms with Gasteiger partial charge in [-0.2, -0.15) is 0 Å². The summed E-state index contributed by atoms with van der Waals surface area (Å²) >= 11 is 0. The summed E-state index contributed by atoms with van der Waals surface area (Å²) < 4.78 is 0. The first-order valence-corrected chi connectivity index (χ1v) is 5.47. The van der Waals surface area contributed by atoms with E-state index in [9.17, 15) is 9.59 Å². The Bertz CT molecular complexity index is 296. The third-order valence-corrected chi connectivity index (χ3v) is 3.03. The maximum atomic E-state index is 11.8. The molecule has 16 heavy (non-hydrogen) atoms. The lowest BCUT2D eigenvalue weighted by molar-refractivity contribution is -0.137. The standard InChI is InChI=1S/C11H20N2O3/c1-11(2,3)8-7-13(6-5-9(14)15)10(16)12(8)4/h8H,5-7H2,1-4H3,(H,14,15). The topological polar surface area (TPSA) is 60.9 Å².